The minimum Gasteiger partial charge on any atom is -0.467 e. The van der Waals surface area contributed by atoms with E-state index in [0.717, 1.165) is 5.69 Å². The molecule has 0 spiro atoms. The van der Waals surface area contributed by atoms with E-state index in [9.17, 15) is 4.79 Å². The highest BCUT2D eigenvalue weighted by Crippen LogP contribution is 2.18. The standard InChI is InChI=1S/C16H20N2O3/c1-18(2)13-7-5-12(6-8-13)16(20)17-14(9-10-19)15-4-3-11-21-15/h3-8,11,14,19H,9-10H2,1-2H3,(H,17,20)/t14-/m0/s1. The molecule has 0 radical (unpaired) electrons. The number of benzene rings is 1. The van der Waals surface area contributed by atoms with Gasteiger partial charge in [-0.25, -0.2) is 0 Å². The Hall–Kier alpha value is -2.27. The molecule has 5 heteroatoms. The lowest BCUT2D eigenvalue weighted by atomic mass is 10.1. The molecule has 0 aliphatic carbocycles. The third-order valence-corrected chi connectivity index (χ3v) is 3.26. The lowest BCUT2D eigenvalue weighted by molar-refractivity contribution is 0.0923. The zero-order chi connectivity index (χ0) is 15.2. The molecular weight excluding hydrogens is 268 g/mol. The summed E-state index contributed by atoms with van der Waals surface area (Å²) in [5, 5.41) is 12.0. The van der Waals surface area contributed by atoms with Gasteiger partial charge in [0.25, 0.3) is 5.91 Å². The Labute approximate surface area is 124 Å². The number of nitrogens with one attached hydrogen (secondary N) is 1. The van der Waals surface area contributed by atoms with E-state index in [0.29, 0.717) is 17.7 Å². The molecule has 2 N–H and O–H groups in total. The summed E-state index contributed by atoms with van der Waals surface area (Å²) in [7, 11) is 3.90. The quantitative estimate of drug-likeness (QED) is 0.855. The van der Waals surface area contributed by atoms with Gasteiger partial charge in [0.05, 0.1) is 12.3 Å². The molecule has 0 bridgehead atoms. The van der Waals surface area contributed by atoms with Crippen LogP contribution in [0.1, 0.15) is 28.6 Å². The maximum Gasteiger partial charge on any atom is 0.251 e. The van der Waals surface area contributed by atoms with Gasteiger partial charge in [-0.15, -0.1) is 0 Å². The van der Waals surface area contributed by atoms with Crippen molar-refractivity contribution in [1.29, 1.82) is 0 Å². The lowest BCUT2D eigenvalue weighted by Gasteiger charge is -2.16. The van der Waals surface area contributed by atoms with E-state index in [-0.39, 0.29) is 18.6 Å². The van der Waals surface area contributed by atoms with Crippen molar-refractivity contribution in [2.45, 2.75) is 12.5 Å². The van der Waals surface area contributed by atoms with E-state index in [2.05, 4.69) is 5.32 Å². The second kappa shape index (κ2) is 6.95. The number of carbonyl (C=O) groups excluding carboxylic acids is 1. The van der Waals surface area contributed by atoms with Crippen LogP contribution in [-0.2, 0) is 0 Å². The van der Waals surface area contributed by atoms with Crippen LogP contribution in [0.25, 0.3) is 0 Å². The van der Waals surface area contributed by atoms with Crippen LogP contribution in [0.4, 0.5) is 5.69 Å². The van der Waals surface area contributed by atoms with E-state index in [4.69, 9.17) is 9.52 Å². The van der Waals surface area contributed by atoms with E-state index in [1.807, 2.05) is 31.1 Å². The van der Waals surface area contributed by atoms with E-state index >= 15 is 0 Å². The zero-order valence-corrected chi connectivity index (χ0v) is 12.2. The van der Waals surface area contributed by atoms with Gasteiger partial charge in [0.15, 0.2) is 0 Å². The fourth-order valence-electron chi connectivity index (χ4n) is 2.06. The Bertz CT molecular complexity index is 562. The number of aliphatic hydroxyl groups is 1. The molecule has 5 nitrogen and oxygen atoms in total. The molecule has 1 heterocycles. The van der Waals surface area contributed by atoms with Crippen LogP contribution in [0.15, 0.2) is 47.1 Å². The van der Waals surface area contributed by atoms with Gasteiger partial charge in [-0.2, -0.15) is 0 Å². The number of carbonyl (C=O) groups is 1. The molecule has 0 aliphatic heterocycles. The first-order valence-corrected chi connectivity index (χ1v) is 6.84. The van der Waals surface area contributed by atoms with Crippen LogP contribution in [0.5, 0.6) is 0 Å². The number of nitrogens with zero attached hydrogens (tertiary/aromatic N) is 1. The van der Waals surface area contributed by atoms with E-state index < -0.39 is 0 Å². The molecule has 0 aliphatic rings. The molecule has 1 aromatic carbocycles. The average molecular weight is 288 g/mol. The summed E-state index contributed by atoms with van der Waals surface area (Å²) in [5.41, 5.74) is 1.61. The fraction of sp³-hybridized carbons (Fsp3) is 0.312. The monoisotopic (exact) mass is 288 g/mol. The number of hydrogen-bond acceptors (Lipinski definition) is 4. The molecular formula is C16H20N2O3. The molecule has 0 fully saturated rings. The maximum absolute atomic E-state index is 12.3. The van der Waals surface area contributed by atoms with Crippen molar-refractivity contribution in [3.05, 3.63) is 54.0 Å². The molecule has 112 valence electrons. The van der Waals surface area contributed by atoms with Gasteiger partial charge in [-0.05, 0) is 42.8 Å². The van der Waals surface area contributed by atoms with Crippen LogP contribution in [0, 0.1) is 0 Å². The molecule has 1 atom stereocenters. The first kappa shape index (κ1) is 15.1. The lowest BCUT2D eigenvalue weighted by Crippen LogP contribution is -2.29. The number of furan rings is 1. The van der Waals surface area contributed by atoms with Crippen molar-refractivity contribution in [3.63, 3.8) is 0 Å². The van der Waals surface area contributed by atoms with E-state index in [1.54, 1.807) is 30.5 Å². The minimum absolute atomic E-state index is 0.0226. The number of hydrogen-bond donors (Lipinski definition) is 2. The molecule has 0 unspecified atom stereocenters. The molecule has 2 rings (SSSR count). The molecule has 1 aromatic heterocycles. The predicted molar refractivity (Wildman–Crippen MR) is 81.4 cm³/mol. The summed E-state index contributed by atoms with van der Waals surface area (Å²) in [5.74, 6) is 0.456. The third-order valence-electron chi connectivity index (χ3n) is 3.26. The smallest absolute Gasteiger partial charge is 0.251 e. The van der Waals surface area contributed by atoms with Crippen LogP contribution in [0.3, 0.4) is 0 Å². The first-order chi connectivity index (χ1) is 10.1. The molecule has 21 heavy (non-hydrogen) atoms. The van der Waals surface area contributed by atoms with Gasteiger partial charge in [-0.3, -0.25) is 4.79 Å². The fourth-order valence-corrected chi connectivity index (χ4v) is 2.06. The number of amides is 1. The van der Waals surface area contributed by atoms with Crippen molar-refractivity contribution in [2.75, 3.05) is 25.6 Å². The van der Waals surface area contributed by atoms with Crippen LogP contribution in [-0.4, -0.2) is 31.7 Å². The second-order valence-corrected chi connectivity index (χ2v) is 5.00. The number of anilines is 1. The summed E-state index contributed by atoms with van der Waals surface area (Å²) in [4.78, 5) is 14.2. The SMILES string of the molecule is CN(C)c1ccc(C(=O)N[C@@H](CCO)c2ccco2)cc1. The van der Waals surface area contributed by atoms with Gasteiger partial charge < -0.3 is 19.7 Å². The van der Waals surface area contributed by atoms with Gasteiger partial charge in [0, 0.05) is 32.0 Å². The second-order valence-electron chi connectivity index (χ2n) is 5.00. The highest BCUT2D eigenvalue weighted by Gasteiger charge is 2.17. The largest absolute Gasteiger partial charge is 0.467 e. The summed E-state index contributed by atoms with van der Waals surface area (Å²) in [6, 6.07) is 10.6. The first-order valence-electron chi connectivity index (χ1n) is 6.84. The van der Waals surface area contributed by atoms with E-state index in [1.165, 1.54) is 0 Å². The Morgan fingerprint density at radius 2 is 2.00 bits per heavy atom. The summed E-state index contributed by atoms with van der Waals surface area (Å²) in [6.45, 7) is -0.0226. The van der Waals surface area contributed by atoms with Crippen LogP contribution >= 0.6 is 0 Å². The zero-order valence-electron chi connectivity index (χ0n) is 12.2. The number of aliphatic hydroxyl groups excluding tert-OH is 1. The Kier molecular flexibility index (Phi) is 5.00. The molecule has 0 saturated heterocycles. The van der Waals surface area contributed by atoms with Crippen LogP contribution in [0.2, 0.25) is 0 Å². The van der Waals surface area contributed by atoms with Crippen molar-refractivity contribution in [2.24, 2.45) is 0 Å². The van der Waals surface area contributed by atoms with Crippen molar-refractivity contribution < 1.29 is 14.3 Å². The summed E-state index contributed by atoms with van der Waals surface area (Å²) >= 11 is 0. The normalized spacial score (nSPS) is 12.0. The topological polar surface area (TPSA) is 65.7 Å². The van der Waals surface area contributed by atoms with Crippen molar-refractivity contribution in [3.8, 4) is 0 Å². The van der Waals surface area contributed by atoms with Gasteiger partial charge in [-0.1, -0.05) is 0 Å². The predicted octanol–water partition coefficient (Wildman–Crippen LogP) is 2.20. The summed E-state index contributed by atoms with van der Waals surface area (Å²) in [6.07, 6.45) is 1.97. The maximum atomic E-state index is 12.3. The summed E-state index contributed by atoms with van der Waals surface area (Å²) < 4.78 is 5.30. The van der Waals surface area contributed by atoms with Gasteiger partial charge in [0.2, 0.25) is 0 Å². The highest BCUT2D eigenvalue weighted by molar-refractivity contribution is 5.94. The van der Waals surface area contributed by atoms with Crippen molar-refractivity contribution in [1.82, 2.24) is 5.32 Å². The Morgan fingerprint density at radius 3 is 2.52 bits per heavy atom. The van der Waals surface area contributed by atoms with Crippen LogP contribution < -0.4 is 10.2 Å². The third kappa shape index (κ3) is 3.86. The molecule has 0 saturated carbocycles. The number of rotatable bonds is 6. The Morgan fingerprint density at radius 1 is 1.29 bits per heavy atom. The molecule has 2 aromatic rings. The average Bonchev–Trinajstić information content (AvgIpc) is 3.01. The minimum atomic E-state index is -0.328. The van der Waals surface area contributed by atoms with Gasteiger partial charge >= 0.3 is 0 Å². The van der Waals surface area contributed by atoms with Gasteiger partial charge in [0.1, 0.15) is 5.76 Å². The van der Waals surface area contributed by atoms with Crippen molar-refractivity contribution >= 4 is 11.6 Å². The molecule has 1 amide bonds. The Balaban J connectivity index is 2.08. The highest BCUT2D eigenvalue weighted by atomic mass is 16.3.